The second-order valence-electron chi connectivity index (χ2n) is 4.82. The molecule has 0 amide bonds. The predicted octanol–water partition coefficient (Wildman–Crippen LogP) is 2.25. The molecule has 1 aliphatic heterocycles. The molecule has 2 nitrogen and oxygen atoms in total. The van der Waals surface area contributed by atoms with Gasteiger partial charge in [0.1, 0.15) is 0 Å². The van der Waals surface area contributed by atoms with E-state index in [1.165, 1.54) is 37.9 Å². The quantitative estimate of drug-likeness (QED) is 0.843. The molecule has 2 rings (SSSR count). The summed E-state index contributed by atoms with van der Waals surface area (Å²) in [4.78, 5) is 2.56. The summed E-state index contributed by atoms with van der Waals surface area (Å²) in [5.41, 5.74) is 7.22. The van der Waals surface area contributed by atoms with Crippen molar-refractivity contribution in [1.82, 2.24) is 4.90 Å². The Bertz CT molecular complexity index is 297. The maximum atomic E-state index is 5.80. The van der Waals surface area contributed by atoms with Gasteiger partial charge in [-0.05, 0) is 37.4 Å². The third-order valence-corrected chi connectivity index (χ3v) is 3.44. The van der Waals surface area contributed by atoms with E-state index < -0.39 is 0 Å². The number of hydrogen-bond acceptors (Lipinski definition) is 2. The molecule has 0 aromatic heterocycles. The molecule has 0 bridgehead atoms. The zero-order valence-electron chi connectivity index (χ0n) is 9.94. The number of nitrogens with two attached hydrogens (primary N) is 1. The summed E-state index contributed by atoms with van der Waals surface area (Å²) in [5, 5.41) is 0. The number of likely N-dealkylation sites (tertiary alicyclic amines) is 1. The molecule has 0 aliphatic carbocycles. The Morgan fingerprint density at radius 3 is 2.75 bits per heavy atom. The standard InChI is InChI=1S/C14H22N2/c15-10-14-8-4-5-9-16(12-14)11-13-6-2-1-3-7-13/h1-3,6-7,14H,4-5,8-12,15H2/t14-/m1/s1. The molecule has 0 radical (unpaired) electrons. The Labute approximate surface area is 98.4 Å². The summed E-state index contributed by atoms with van der Waals surface area (Å²) in [7, 11) is 0. The van der Waals surface area contributed by atoms with Crippen LogP contribution in [0, 0.1) is 5.92 Å². The van der Waals surface area contributed by atoms with Gasteiger partial charge in [-0.15, -0.1) is 0 Å². The smallest absolute Gasteiger partial charge is 0.0233 e. The maximum absolute atomic E-state index is 5.80. The van der Waals surface area contributed by atoms with Crippen LogP contribution in [-0.2, 0) is 6.54 Å². The Morgan fingerprint density at radius 2 is 2.00 bits per heavy atom. The fourth-order valence-electron chi connectivity index (χ4n) is 2.49. The van der Waals surface area contributed by atoms with Gasteiger partial charge in [-0.2, -0.15) is 0 Å². The number of rotatable bonds is 3. The molecule has 2 heteroatoms. The van der Waals surface area contributed by atoms with E-state index in [9.17, 15) is 0 Å². The van der Waals surface area contributed by atoms with Crippen LogP contribution in [0.4, 0.5) is 0 Å². The van der Waals surface area contributed by atoms with Crippen LogP contribution in [-0.4, -0.2) is 24.5 Å². The van der Waals surface area contributed by atoms with Crippen LogP contribution in [0.15, 0.2) is 30.3 Å². The van der Waals surface area contributed by atoms with Gasteiger partial charge in [0.15, 0.2) is 0 Å². The molecular formula is C14H22N2. The topological polar surface area (TPSA) is 29.3 Å². The largest absolute Gasteiger partial charge is 0.330 e. The molecule has 1 aliphatic rings. The van der Waals surface area contributed by atoms with Gasteiger partial charge in [0, 0.05) is 13.1 Å². The lowest BCUT2D eigenvalue weighted by Crippen LogP contribution is -2.31. The minimum atomic E-state index is 0.700. The molecule has 0 saturated carbocycles. The summed E-state index contributed by atoms with van der Waals surface area (Å²) in [5.74, 6) is 0.700. The first-order valence-electron chi connectivity index (χ1n) is 6.35. The van der Waals surface area contributed by atoms with Crippen LogP contribution in [0.2, 0.25) is 0 Å². The molecule has 88 valence electrons. The van der Waals surface area contributed by atoms with E-state index >= 15 is 0 Å². The fraction of sp³-hybridized carbons (Fsp3) is 0.571. The van der Waals surface area contributed by atoms with Crippen LogP contribution in [0.3, 0.4) is 0 Å². The van der Waals surface area contributed by atoms with Crippen molar-refractivity contribution in [2.24, 2.45) is 11.7 Å². The minimum Gasteiger partial charge on any atom is -0.330 e. The average Bonchev–Trinajstić information content (AvgIpc) is 2.55. The molecule has 0 unspecified atom stereocenters. The highest BCUT2D eigenvalue weighted by Crippen LogP contribution is 2.17. The molecule has 16 heavy (non-hydrogen) atoms. The lowest BCUT2D eigenvalue weighted by atomic mass is 10.0. The van der Waals surface area contributed by atoms with Crippen LogP contribution < -0.4 is 5.73 Å². The second-order valence-corrected chi connectivity index (χ2v) is 4.82. The summed E-state index contributed by atoms with van der Waals surface area (Å²) in [6.07, 6.45) is 3.97. The van der Waals surface area contributed by atoms with E-state index in [0.29, 0.717) is 5.92 Å². The van der Waals surface area contributed by atoms with E-state index in [2.05, 4.69) is 35.2 Å². The minimum absolute atomic E-state index is 0.700. The van der Waals surface area contributed by atoms with Crippen LogP contribution in [0.1, 0.15) is 24.8 Å². The normalized spacial score (nSPS) is 22.9. The van der Waals surface area contributed by atoms with Crippen molar-refractivity contribution < 1.29 is 0 Å². The summed E-state index contributed by atoms with van der Waals surface area (Å²) in [6.45, 7) is 4.32. The molecule has 1 heterocycles. The van der Waals surface area contributed by atoms with Crippen molar-refractivity contribution in [3.63, 3.8) is 0 Å². The molecular weight excluding hydrogens is 196 g/mol. The van der Waals surface area contributed by atoms with E-state index in [1.54, 1.807) is 0 Å². The van der Waals surface area contributed by atoms with Crippen molar-refractivity contribution in [3.8, 4) is 0 Å². The highest BCUT2D eigenvalue weighted by Gasteiger charge is 2.16. The van der Waals surface area contributed by atoms with Gasteiger partial charge in [0.2, 0.25) is 0 Å². The predicted molar refractivity (Wildman–Crippen MR) is 68.1 cm³/mol. The Hall–Kier alpha value is -0.860. The van der Waals surface area contributed by atoms with Gasteiger partial charge in [-0.25, -0.2) is 0 Å². The molecule has 1 atom stereocenters. The fourth-order valence-corrected chi connectivity index (χ4v) is 2.49. The number of nitrogens with zero attached hydrogens (tertiary/aromatic N) is 1. The number of benzene rings is 1. The van der Waals surface area contributed by atoms with Crippen molar-refractivity contribution in [2.45, 2.75) is 25.8 Å². The lowest BCUT2D eigenvalue weighted by molar-refractivity contribution is 0.243. The van der Waals surface area contributed by atoms with Crippen molar-refractivity contribution in [3.05, 3.63) is 35.9 Å². The average molecular weight is 218 g/mol. The Morgan fingerprint density at radius 1 is 1.19 bits per heavy atom. The maximum Gasteiger partial charge on any atom is 0.0233 e. The zero-order chi connectivity index (χ0) is 11.2. The summed E-state index contributed by atoms with van der Waals surface area (Å²) < 4.78 is 0. The van der Waals surface area contributed by atoms with Gasteiger partial charge in [-0.1, -0.05) is 36.8 Å². The van der Waals surface area contributed by atoms with Crippen LogP contribution >= 0.6 is 0 Å². The van der Waals surface area contributed by atoms with Gasteiger partial charge >= 0.3 is 0 Å². The van der Waals surface area contributed by atoms with E-state index in [0.717, 1.165) is 13.1 Å². The van der Waals surface area contributed by atoms with Gasteiger partial charge in [0.05, 0.1) is 0 Å². The van der Waals surface area contributed by atoms with Crippen LogP contribution in [0.25, 0.3) is 0 Å². The lowest BCUT2D eigenvalue weighted by Gasteiger charge is -2.23. The van der Waals surface area contributed by atoms with Crippen molar-refractivity contribution in [1.29, 1.82) is 0 Å². The van der Waals surface area contributed by atoms with Crippen molar-refractivity contribution >= 4 is 0 Å². The van der Waals surface area contributed by atoms with Crippen molar-refractivity contribution in [2.75, 3.05) is 19.6 Å². The Kier molecular flexibility index (Phi) is 4.37. The third kappa shape index (κ3) is 3.32. The van der Waals surface area contributed by atoms with E-state index in [4.69, 9.17) is 5.73 Å². The van der Waals surface area contributed by atoms with Gasteiger partial charge in [0.25, 0.3) is 0 Å². The summed E-state index contributed by atoms with van der Waals surface area (Å²) >= 11 is 0. The van der Waals surface area contributed by atoms with Gasteiger partial charge in [-0.3, -0.25) is 4.90 Å². The zero-order valence-corrected chi connectivity index (χ0v) is 9.94. The monoisotopic (exact) mass is 218 g/mol. The molecule has 0 spiro atoms. The van der Waals surface area contributed by atoms with Crippen LogP contribution in [0.5, 0.6) is 0 Å². The molecule has 1 aromatic rings. The molecule has 2 N–H and O–H groups in total. The molecule has 1 fully saturated rings. The Balaban J connectivity index is 1.93. The first-order chi connectivity index (χ1) is 7.88. The third-order valence-electron chi connectivity index (χ3n) is 3.44. The number of hydrogen-bond donors (Lipinski definition) is 1. The van der Waals surface area contributed by atoms with Gasteiger partial charge < -0.3 is 5.73 Å². The van der Waals surface area contributed by atoms with E-state index in [1.807, 2.05) is 0 Å². The first kappa shape index (κ1) is 11.6. The molecule has 1 saturated heterocycles. The highest BCUT2D eigenvalue weighted by atomic mass is 15.1. The molecule has 1 aromatic carbocycles. The SMILES string of the molecule is NC[C@H]1CCCCN(Cc2ccccc2)C1. The highest BCUT2D eigenvalue weighted by molar-refractivity contribution is 5.14. The van der Waals surface area contributed by atoms with E-state index in [-0.39, 0.29) is 0 Å². The second kappa shape index (κ2) is 6.02. The first-order valence-corrected chi connectivity index (χ1v) is 6.35. The summed E-state index contributed by atoms with van der Waals surface area (Å²) in [6, 6.07) is 10.7.